The molecule has 15 heavy (non-hydrogen) atoms. The molecule has 0 amide bonds. The van der Waals surface area contributed by atoms with Crippen molar-refractivity contribution >= 4 is 26.8 Å². The predicted molar refractivity (Wildman–Crippen MR) is 56.1 cm³/mol. The van der Waals surface area contributed by atoms with E-state index in [0.29, 0.717) is 15.4 Å². The Hall–Kier alpha value is -1.23. The zero-order valence-corrected chi connectivity index (χ0v) is 9.00. The number of aromatic nitrogens is 1. The highest BCUT2D eigenvalue weighted by atomic mass is 79.9. The van der Waals surface area contributed by atoms with Gasteiger partial charge in [-0.25, -0.2) is 13.8 Å². The molecule has 1 aromatic heterocycles. The van der Waals surface area contributed by atoms with Gasteiger partial charge >= 0.3 is 0 Å². The third-order valence-corrected chi connectivity index (χ3v) is 2.65. The van der Waals surface area contributed by atoms with Gasteiger partial charge in [-0.05, 0) is 28.1 Å². The number of alkyl halides is 2. The minimum atomic E-state index is -2.78. The van der Waals surface area contributed by atoms with Gasteiger partial charge in [-0.3, -0.25) is 0 Å². The van der Waals surface area contributed by atoms with Gasteiger partial charge in [0, 0.05) is 9.86 Å². The fourth-order valence-corrected chi connectivity index (χ4v) is 1.80. The number of benzene rings is 1. The van der Waals surface area contributed by atoms with Crippen LogP contribution in [-0.4, -0.2) is 10.1 Å². The molecule has 2 nitrogen and oxygen atoms in total. The zero-order chi connectivity index (χ0) is 11.0. The molecule has 78 valence electrons. The van der Waals surface area contributed by atoms with Gasteiger partial charge in [0.1, 0.15) is 11.4 Å². The number of aromatic hydroxyl groups is 1. The number of halogens is 3. The molecule has 1 heterocycles. The summed E-state index contributed by atoms with van der Waals surface area (Å²) in [5.41, 5.74) is -0.167. The van der Waals surface area contributed by atoms with E-state index in [0.717, 1.165) is 0 Å². The van der Waals surface area contributed by atoms with Gasteiger partial charge in [-0.15, -0.1) is 0 Å². The second-order valence-corrected chi connectivity index (χ2v) is 3.86. The summed E-state index contributed by atoms with van der Waals surface area (Å²) in [7, 11) is 0. The van der Waals surface area contributed by atoms with Crippen molar-refractivity contribution in [3.63, 3.8) is 0 Å². The maximum atomic E-state index is 12.4. The lowest BCUT2D eigenvalue weighted by Gasteiger charge is -2.05. The van der Waals surface area contributed by atoms with Gasteiger partial charge < -0.3 is 5.11 Å². The average molecular weight is 274 g/mol. The molecular formula is C10H6BrF2NO. The Morgan fingerprint density at radius 3 is 2.73 bits per heavy atom. The molecule has 0 fully saturated rings. The van der Waals surface area contributed by atoms with E-state index < -0.39 is 17.9 Å². The molecule has 2 aromatic rings. The molecule has 2 rings (SSSR count). The topological polar surface area (TPSA) is 33.1 Å². The van der Waals surface area contributed by atoms with Crippen LogP contribution in [0.5, 0.6) is 5.75 Å². The van der Waals surface area contributed by atoms with E-state index in [1.807, 2.05) is 0 Å². The standard InChI is InChI=1S/C10H6BrF2NO/c11-6-3-1-2-5-4-7(15)9(10(12)13)14-8(5)6/h1-4,10,15H. The normalized spacial score (nSPS) is 11.2. The van der Waals surface area contributed by atoms with Gasteiger partial charge in [-0.2, -0.15) is 0 Å². The summed E-state index contributed by atoms with van der Waals surface area (Å²) < 4.78 is 25.5. The van der Waals surface area contributed by atoms with Crippen molar-refractivity contribution < 1.29 is 13.9 Å². The van der Waals surface area contributed by atoms with E-state index >= 15 is 0 Å². The van der Waals surface area contributed by atoms with Gasteiger partial charge in [0.05, 0.1) is 5.52 Å². The van der Waals surface area contributed by atoms with Crippen LogP contribution in [0.15, 0.2) is 28.7 Å². The minimum absolute atomic E-state index is 0.422. The summed E-state index contributed by atoms with van der Waals surface area (Å²) >= 11 is 3.22. The molecule has 1 N–H and O–H groups in total. The van der Waals surface area contributed by atoms with Gasteiger partial charge in [0.2, 0.25) is 0 Å². The van der Waals surface area contributed by atoms with Crippen molar-refractivity contribution in [3.05, 3.63) is 34.4 Å². The lowest BCUT2D eigenvalue weighted by atomic mass is 10.2. The monoisotopic (exact) mass is 273 g/mol. The third-order valence-electron chi connectivity index (χ3n) is 2.01. The number of para-hydroxylation sites is 1. The Morgan fingerprint density at radius 2 is 2.07 bits per heavy atom. The quantitative estimate of drug-likeness (QED) is 0.861. The summed E-state index contributed by atoms with van der Waals surface area (Å²) in [5, 5.41) is 9.93. The molecular weight excluding hydrogens is 268 g/mol. The van der Waals surface area contributed by atoms with Crippen molar-refractivity contribution in [1.82, 2.24) is 4.98 Å². The van der Waals surface area contributed by atoms with E-state index in [1.165, 1.54) is 6.07 Å². The average Bonchev–Trinajstić information content (AvgIpc) is 2.16. The first-order valence-electron chi connectivity index (χ1n) is 4.16. The Morgan fingerprint density at radius 1 is 1.33 bits per heavy atom. The van der Waals surface area contributed by atoms with E-state index in [9.17, 15) is 13.9 Å². The highest BCUT2D eigenvalue weighted by Crippen LogP contribution is 2.31. The molecule has 1 aromatic carbocycles. The van der Waals surface area contributed by atoms with Crippen molar-refractivity contribution in [1.29, 1.82) is 0 Å². The molecule has 0 spiro atoms. The Bertz CT molecular complexity index is 516. The molecule has 0 atom stereocenters. The SMILES string of the molecule is Oc1cc2cccc(Br)c2nc1C(F)F. The van der Waals surface area contributed by atoms with Crippen LogP contribution in [0.2, 0.25) is 0 Å². The highest BCUT2D eigenvalue weighted by molar-refractivity contribution is 9.10. The molecule has 0 aliphatic rings. The highest BCUT2D eigenvalue weighted by Gasteiger charge is 2.16. The van der Waals surface area contributed by atoms with Gasteiger partial charge in [0.15, 0.2) is 0 Å². The number of hydrogen-bond acceptors (Lipinski definition) is 2. The molecule has 0 aliphatic carbocycles. The number of hydrogen-bond donors (Lipinski definition) is 1. The largest absolute Gasteiger partial charge is 0.506 e. The molecule has 5 heteroatoms. The Balaban J connectivity index is 2.78. The van der Waals surface area contributed by atoms with Gasteiger partial charge in [0.25, 0.3) is 6.43 Å². The van der Waals surface area contributed by atoms with Crippen molar-refractivity contribution in [3.8, 4) is 5.75 Å². The van der Waals surface area contributed by atoms with E-state index in [-0.39, 0.29) is 0 Å². The lowest BCUT2D eigenvalue weighted by Crippen LogP contribution is -1.92. The van der Waals surface area contributed by atoms with Crippen LogP contribution in [0.25, 0.3) is 10.9 Å². The lowest BCUT2D eigenvalue weighted by molar-refractivity contribution is 0.142. The smallest absolute Gasteiger partial charge is 0.284 e. The number of rotatable bonds is 1. The summed E-state index contributed by atoms with van der Waals surface area (Å²) in [6, 6.07) is 6.44. The predicted octanol–water partition coefficient (Wildman–Crippen LogP) is 3.64. The Labute approximate surface area is 92.7 Å². The van der Waals surface area contributed by atoms with Crippen LogP contribution in [0.1, 0.15) is 12.1 Å². The fraction of sp³-hybridized carbons (Fsp3) is 0.100. The summed E-state index contributed by atoms with van der Waals surface area (Å²) in [5.74, 6) is -0.476. The van der Waals surface area contributed by atoms with E-state index in [1.54, 1.807) is 18.2 Å². The third kappa shape index (κ3) is 1.79. The zero-order valence-electron chi connectivity index (χ0n) is 7.42. The van der Waals surface area contributed by atoms with Crippen LogP contribution in [0, 0.1) is 0 Å². The molecule has 0 bridgehead atoms. The first-order valence-corrected chi connectivity index (χ1v) is 4.95. The van der Waals surface area contributed by atoms with Crippen molar-refractivity contribution in [2.45, 2.75) is 6.43 Å². The molecule has 0 saturated carbocycles. The summed E-state index contributed by atoms with van der Waals surface area (Å²) in [4.78, 5) is 3.73. The number of pyridine rings is 1. The van der Waals surface area contributed by atoms with E-state index in [4.69, 9.17) is 0 Å². The van der Waals surface area contributed by atoms with Crippen molar-refractivity contribution in [2.24, 2.45) is 0 Å². The molecule has 0 aliphatic heterocycles. The van der Waals surface area contributed by atoms with Crippen LogP contribution >= 0.6 is 15.9 Å². The second-order valence-electron chi connectivity index (χ2n) is 3.00. The summed E-state index contributed by atoms with van der Waals surface area (Å²) in [6.07, 6.45) is -2.78. The Kier molecular flexibility index (Phi) is 2.56. The van der Waals surface area contributed by atoms with Crippen molar-refractivity contribution in [2.75, 3.05) is 0 Å². The van der Waals surface area contributed by atoms with Gasteiger partial charge in [-0.1, -0.05) is 12.1 Å². The van der Waals surface area contributed by atoms with E-state index in [2.05, 4.69) is 20.9 Å². The fourth-order valence-electron chi connectivity index (χ4n) is 1.33. The number of nitrogens with zero attached hydrogens (tertiary/aromatic N) is 1. The van der Waals surface area contributed by atoms with Crippen LogP contribution in [0.4, 0.5) is 8.78 Å². The first-order chi connectivity index (χ1) is 7.09. The molecule has 0 saturated heterocycles. The maximum Gasteiger partial charge on any atom is 0.284 e. The first kappa shape index (κ1) is 10.3. The molecule has 0 unspecified atom stereocenters. The summed E-state index contributed by atoms with van der Waals surface area (Å²) in [6.45, 7) is 0. The maximum absolute atomic E-state index is 12.4. The minimum Gasteiger partial charge on any atom is -0.506 e. The second kappa shape index (κ2) is 3.73. The van der Waals surface area contributed by atoms with Crippen LogP contribution in [-0.2, 0) is 0 Å². The number of fused-ring (bicyclic) bond motifs is 1. The van der Waals surface area contributed by atoms with Crippen LogP contribution < -0.4 is 0 Å². The van der Waals surface area contributed by atoms with Crippen LogP contribution in [0.3, 0.4) is 0 Å². The molecule has 0 radical (unpaired) electrons.